The van der Waals surface area contributed by atoms with Gasteiger partial charge in [0.1, 0.15) is 5.82 Å². The average Bonchev–Trinajstić information content (AvgIpc) is 2.48. The lowest BCUT2D eigenvalue weighted by Gasteiger charge is -2.10. The lowest BCUT2D eigenvalue weighted by atomic mass is 10.1. The predicted octanol–water partition coefficient (Wildman–Crippen LogP) is 3.83. The van der Waals surface area contributed by atoms with Crippen LogP contribution in [0.2, 0.25) is 0 Å². The van der Waals surface area contributed by atoms with E-state index in [-0.39, 0.29) is 5.91 Å². The summed E-state index contributed by atoms with van der Waals surface area (Å²) in [6, 6.07) is 16.5. The third-order valence-electron chi connectivity index (χ3n) is 3.10. The first kappa shape index (κ1) is 13.6. The first-order valence-corrected chi connectivity index (χ1v) is 7.15. The molecular weight excluding hydrogens is 330 g/mol. The number of nitrogens with two attached hydrogens (primary N) is 1. The lowest BCUT2D eigenvalue weighted by Crippen LogP contribution is -2.13. The molecule has 0 atom stereocenters. The van der Waals surface area contributed by atoms with Gasteiger partial charge in [0, 0.05) is 9.86 Å². The van der Waals surface area contributed by atoms with Crippen molar-refractivity contribution in [3.8, 4) is 0 Å². The van der Waals surface area contributed by atoms with Crippen molar-refractivity contribution in [2.75, 3.05) is 11.1 Å². The molecular formula is C16H12BrN3O. The summed E-state index contributed by atoms with van der Waals surface area (Å²) < 4.78 is 0.824. The van der Waals surface area contributed by atoms with Crippen LogP contribution in [0.3, 0.4) is 0 Å². The monoisotopic (exact) mass is 341 g/mol. The minimum absolute atomic E-state index is 0.216. The van der Waals surface area contributed by atoms with Crippen molar-refractivity contribution in [2.24, 2.45) is 0 Å². The molecule has 2 aromatic carbocycles. The Kier molecular flexibility index (Phi) is 3.58. The second kappa shape index (κ2) is 5.54. The molecule has 0 saturated carbocycles. The Balaban J connectivity index is 2.04. The zero-order chi connectivity index (χ0) is 14.8. The normalized spacial score (nSPS) is 10.5. The van der Waals surface area contributed by atoms with E-state index in [0.29, 0.717) is 22.6 Å². The third-order valence-corrected chi connectivity index (χ3v) is 3.79. The number of halogens is 1. The van der Waals surface area contributed by atoms with Gasteiger partial charge in [0.2, 0.25) is 0 Å². The summed E-state index contributed by atoms with van der Waals surface area (Å²) >= 11 is 3.41. The molecule has 4 nitrogen and oxygen atoms in total. The van der Waals surface area contributed by atoms with Crippen molar-refractivity contribution in [2.45, 2.75) is 0 Å². The van der Waals surface area contributed by atoms with Crippen LogP contribution in [0, 0.1) is 0 Å². The Bertz CT molecular complexity index is 833. The largest absolute Gasteiger partial charge is 0.384 e. The van der Waals surface area contributed by atoms with E-state index in [4.69, 9.17) is 5.73 Å². The van der Waals surface area contributed by atoms with Crippen LogP contribution >= 0.6 is 15.9 Å². The highest BCUT2D eigenvalue weighted by atomic mass is 79.9. The van der Waals surface area contributed by atoms with Crippen molar-refractivity contribution in [3.05, 3.63) is 64.6 Å². The molecule has 0 bridgehead atoms. The number of nitrogens with one attached hydrogen (secondary N) is 1. The number of para-hydroxylation sites is 2. The maximum absolute atomic E-state index is 12.5. The summed E-state index contributed by atoms with van der Waals surface area (Å²) in [6.45, 7) is 0. The number of hydrogen-bond acceptors (Lipinski definition) is 3. The van der Waals surface area contributed by atoms with E-state index in [1.165, 1.54) is 0 Å². The fourth-order valence-electron chi connectivity index (χ4n) is 2.14. The maximum Gasteiger partial charge on any atom is 0.256 e. The van der Waals surface area contributed by atoms with Crippen molar-refractivity contribution < 1.29 is 4.79 Å². The van der Waals surface area contributed by atoms with Gasteiger partial charge in [-0.1, -0.05) is 30.3 Å². The minimum Gasteiger partial charge on any atom is -0.384 e. The Morgan fingerprint density at radius 1 is 1.10 bits per heavy atom. The number of hydrogen-bond donors (Lipinski definition) is 2. The molecule has 0 aliphatic rings. The van der Waals surface area contributed by atoms with Gasteiger partial charge in [-0.05, 0) is 40.2 Å². The van der Waals surface area contributed by atoms with Gasteiger partial charge >= 0.3 is 0 Å². The Morgan fingerprint density at radius 3 is 2.62 bits per heavy atom. The van der Waals surface area contributed by atoms with Gasteiger partial charge in [0.25, 0.3) is 5.91 Å². The van der Waals surface area contributed by atoms with E-state index in [0.717, 1.165) is 9.86 Å². The van der Waals surface area contributed by atoms with Crippen molar-refractivity contribution in [1.82, 2.24) is 4.98 Å². The first-order chi connectivity index (χ1) is 10.1. The van der Waals surface area contributed by atoms with Gasteiger partial charge in [0.15, 0.2) is 0 Å². The van der Waals surface area contributed by atoms with Crippen LogP contribution < -0.4 is 11.1 Å². The van der Waals surface area contributed by atoms with Gasteiger partial charge in [-0.15, -0.1) is 0 Å². The molecule has 104 valence electrons. The van der Waals surface area contributed by atoms with Gasteiger partial charge in [0.05, 0.1) is 16.8 Å². The number of carbonyl (C=O) groups is 1. The summed E-state index contributed by atoms with van der Waals surface area (Å²) in [7, 11) is 0. The van der Waals surface area contributed by atoms with Gasteiger partial charge in [-0.25, -0.2) is 4.98 Å². The van der Waals surface area contributed by atoms with Crippen LogP contribution in [0.4, 0.5) is 11.5 Å². The number of amides is 1. The second-order valence-corrected chi connectivity index (χ2v) is 5.40. The smallest absolute Gasteiger partial charge is 0.256 e. The molecule has 0 saturated heterocycles. The highest BCUT2D eigenvalue weighted by Crippen LogP contribution is 2.24. The first-order valence-electron chi connectivity index (χ1n) is 6.36. The molecule has 1 aromatic heterocycles. The van der Waals surface area contributed by atoms with Gasteiger partial charge in [-0.3, -0.25) is 4.79 Å². The number of aromatic nitrogens is 1. The third kappa shape index (κ3) is 2.73. The van der Waals surface area contributed by atoms with E-state index in [1.807, 2.05) is 48.5 Å². The molecule has 0 spiro atoms. The molecule has 0 unspecified atom stereocenters. The lowest BCUT2D eigenvalue weighted by molar-refractivity contribution is 0.102. The summed E-state index contributed by atoms with van der Waals surface area (Å²) in [5.41, 5.74) is 7.71. The van der Waals surface area contributed by atoms with Crippen molar-refractivity contribution in [1.29, 1.82) is 0 Å². The SMILES string of the molecule is Nc1cc(C(=O)Nc2ccccc2Br)c2ccccc2n1. The predicted molar refractivity (Wildman–Crippen MR) is 88.3 cm³/mol. The zero-order valence-corrected chi connectivity index (χ0v) is 12.6. The van der Waals surface area contributed by atoms with Crippen LogP contribution in [0.1, 0.15) is 10.4 Å². The standard InChI is InChI=1S/C16H12BrN3O/c17-12-6-2-4-8-14(12)20-16(21)11-9-15(18)19-13-7-3-1-5-10(11)13/h1-9H,(H2,18,19)(H,20,21). The number of fused-ring (bicyclic) bond motifs is 1. The highest BCUT2D eigenvalue weighted by Gasteiger charge is 2.13. The quantitative estimate of drug-likeness (QED) is 0.744. The summed E-state index contributed by atoms with van der Waals surface area (Å²) in [4.78, 5) is 16.7. The fraction of sp³-hybridized carbons (Fsp3) is 0. The molecule has 3 rings (SSSR count). The van der Waals surface area contributed by atoms with Crippen molar-refractivity contribution >= 4 is 44.2 Å². The number of anilines is 2. The number of rotatable bonds is 2. The van der Waals surface area contributed by atoms with Gasteiger partial charge < -0.3 is 11.1 Å². The number of nitrogens with zero attached hydrogens (tertiary/aromatic N) is 1. The van der Waals surface area contributed by atoms with Crippen LogP contribution in [0.15, 0.2) is 59.1 Å². The Labute approximate surface area is 130 Å². The zero-order valence-electron chi connectivity index (χ0n) is 11.0. The molecule has 0 radical (unpaired) electrons. The summed E-state index contributed by atoms with van der Waals surface area (Å²) in [5.74, 6) is 0.109. The molecule has 1 heterocycles. The molecule has 3 aromatic rings. The number of carbonyl (C=O) groups excluding carboxylic acids is 1. The summed E-state index contributed by atoms with van der Waals surface area (Å²) in [6.07, 6.45) is 0. The minimum atomic E-state index is -0.216. The van der Waals surface area contributed by atoms with Crippen LogP contribution in [0.25, 0.3) is 10.9 Å². The fourth-order valence-corrected chi connectivity index (χ4v) is 2.52. The topological polar surface area (TPSA) is 68.0 Å². The number of benzene rings is 2. The van der Waals surface area contributed by atoms with E-state index < -0.39 is 0 Å². The molecule has 1 amide bonds. The highest BCUT2D eigenvalue weighted by molar-refractivity contribution is 9.10. The van der Waals surface area contributed by atoms with E-state index in [1.54, 1.807) is 6.07 Å². The number of pyridine rings is 1. The van der Waals surface area contributed by atoms with Crippen LogP contribution in [-0.2, 0) is 0 Å². The van der Waals surface area contributed by atoms with Crippen LogP contribution in [-0.4, -0.2) is 10.9 Å². The molecule has 21 heavy (non-hydrogen) atoms. The van der Waals surface area contributed by atoms with Gasteiger partial charge in [-0.2, -0.15) is 0 Å². The number of nitrogen functional groups attached to an aromatic ring is 1. The molecule has 5 heteroatoms. The summed E-state index contributed by atoms with van der Waals surface area (Å²) in [5, 5.41) is 3.65. The molecule has 0 aliphatic carbocycles. The molecule has 0 fully saturated rings. The molecule has 3 N–H and O–H groups in total. The second-order valence-electron chi connectivity index (χ2n) is 4.55. The maximum atomic E-state index is 12.5. The Hall–Kier alpha value is -2.40. The van der Waals surface area contributed by atoms with E-state index >= 15 is 0 Å². The van der Waals surface area contributed by atoms with E-state index in [2.05, 4.69) is 26.2 Å². The van der Waals surface area contributed by atoms with E-state index in [9.17, 15) is 4.79 Å². The average molecular weight is 342 g/mol. The Morgan fingerprint density at radius 2 is 1.81 bits per heavy atom. The van der Waals surface area contributed by atoms with Crippen LogP contribution in [0.5, 0.6) is 0 Å². The molecule has 0 aliphatic heterocycles. The van der Waals surface area contributed by atoms with Crippen molar-refractivity contribution in [3.63, 3.8) is 0 Å².